The Balaban J connectivity index is 1.51. The number of amides is 1. The van der Waals surface area contributed by atoms with Crippen LogP contribution in [0.1, 0.15) is 27.4 Å². The Kier molecular flexibility index (Phi) is 3.99. The molecule has 7 heteroatoms. The Morgan fingerprint density at radius 3 is 2.69 bits per heavy atom. The Morgan fingerprint density at radius 1 is 1.07 bits per heavy atom. The molecule has 0 bridgehead atoms. The Morgan fingerprint density at radius 2 is 1.86 bits per heavy atom. The first-order chi connectivity index (χ1) is 14.0. The van der Waals surface area contributed by atoms with Gasteiger partial charge in [0.1, 0.15) is 11.4 Å². The van der Waals surface area contributed by atoms with Crippen molar-refractivity contribution < 1.29 is 9.21 Å². The molecule has 0 aliphatic carbocycles. The molecule has 0 spiro atoms. The van der Waals surface area contributed by atoms with E-state index < -0.39 is 0 Å². The molecule has 0 atom stereocenters. The molecular formula is C22H18N4O2S. The van der Waals surface area contributed by atoms with Gasteiger partial charge in [0.25, 0.3) is 5.91 Å². The number of furan rings is 1. The molecule has 2 aromatic carbocycles. The van der Waals surface area contributed by atoms with Gasteiger partial charge in [-0.15, -0.1) is 0 Å². The molecule has 0 unspecified atom stereocenters. The van der Waals surface area contributed by atoms with Crippen LogP contribution in [0.25, 0.3) is 26.3 Å². The molecule has 3 aromatic heterocycles. The van der Waals surface area contributed by atoms with Gasteiger partial charge in [0.15, 0.2) is 5.76 Å². The molecule has 5 rings (SSSR count). The number of hydrogen-bond acceptors (Lipinski definition) is 5. The summed E-state index contributed by atoms with van der Waals surface area (Å²) >= 11 is 1.54. The van der Waals surface area contributed by atoms with Crippen LogP contribution < -0.4 is 5.32 Å². The van der Waals surface area contributed by atoms with Crippen LogP contribution in [-0.2, 0) is 0 Å². The van der Waals surface area contributed by atoms with Gasteiger partial charge in [0.2, 0.25) is 5.13 Å². The quantitative estimate of drug-likeness (QED) is 0.438. The first kappa shape index (κ1) is 17.6. The summed E-state index contributed by atoms with van der Waals surface area (Å²) in [7, 11) is 0. The third-order valence-electron chi connectivity index (χ3n) is 4.90. The van der Waals surface area contributed by atoms with Crippen LogP contribution in [0.15, 0.2) is 52.9 Å². The van der Waals surface area contributed by atoms with Crippen molar-refractivity contribution in [2.24, 2.45) is 0 Å². The van der Waals surface area contributed by atoms with Crippen LogP contribution in [0.5, 0.6) is 0 Å². The highest BCUT2D eigenvalue weighted by molar-refractivity contribution is 7.20. The number of aromatic nitrogens is 3. The third kappa shape index (κ3) is 3.09. The second-order valence-electron chi connectivity index (χ2n) is 7.09. The lowest BCUT2D eigenvalue weighted by atomic mass is 10.1. The Bertz CT molecular complexity index is 1320. The van der Waals surface area contributed by atoms with Gasteiger partial charge in [0.05, 0.1) is 15.9 Å². The predicted octanol–water partition coefficient (Wildman–Crippen LogP) is 5.41. The third-order valence-corrected chi connectivity index (χ3v) is 5.89. The van der Waals surface area contributed by atoms with Crippen molar-refractivity contribution in [3.63, 3.8) is 0 Å². The van der Waals surface area contributed by atoms with E-state index in [4.69, 9.17) is 9.40 Å². The highest BCUT2D eigenvalue weighted by Gasteiger charge is 2.18. The van der Waals surface area contributed by atoms with E-state index in [1.54, 1.807) is 22.1 Å². The lowest BCUT2D eigenvalue weighted by Gasteiger charge is -2.04. The van der Waals surface area contributed by atoms with Crippen molar-refractivity contribution in [2.45, 2.75) is 20.8 Å². The maximum Gasteiger partial charge on any atom is 0.292 e. The summed E-state index contributed by atoms with van der Waals surface area (Å²) in [6.07, 6.45) is 0. The SMILES string of the molecule is Cc1cc(NC(=O)c2cc3ccccc3o2)n(-c2nc3cc(C)c(C)cc3s2)n1. The van der Waals surface area contributed by atoms with E-state index in [1.165, 1.54) is 11.1 Å². The summed E-state index contributed by atoms with van der Waals surface area (Å²) in [5.41, 5.74) is 4.82. The van der Waals surface area contributed by atoms with Gasteiger partial charge < -0.3 is 9.73 Å². The number of hydrogen-bond donors (Lipinski definition) is 1. The van der Waals surface area contributed by atoms with Crippen LogP contribution in [0, 0.1) is 20.8 Å². The van der Waals surface area contributed by atoms with Crippen molar-refractivity contribution in [2.75, 3.05) is 5.32 Å². The van der Waals surface area contributed by atoms with Gasteiger partial charge in [-0.05, 0) is 56.2 Å². The minimum absolute atomic E-state index is 0.257. The second-order valence-corrected chi connectivity index (χ2v) is 8.10. The number of rotatable bonds is 3. The maximum atomic E-state index is 12.8. The van der Waals surface area contributed by atoms with Crippen molar-refractivity contribution in [1.29, 1.82) is 0 Å². The van der Waals surface area contributed by atoms with E-state index in [-0.39, 0.29) is 11.7 Å². The maximum absolute atomic E-state index is 12.8. The summed E-state index contributed by atoms with van der Waals surface area (Å²) in [4.78, 5) is 17.5. The molecule has 144 valence electrons. The highest BCUT2D eigenvalue weighted by Crippen LogP contribution is 2.29. The number of para-hydroxylation sites is 1. The molecule has 3 heterocycles. The molecule has 0 fully saturated rings. The molecular weight excluding hydrogens is 384 g/mol. The number of carbonyl (C=O) groups excluding carboxylic acids is 1. The molecule has 1 amide bonds. The summed E-state index contributed by atoms with van der Waals surface area (Å²) in [6.45, 7) is 6.05. The normalized spacial score (nSPS) is 11.4. The first-order valence-electron chi connectivity index (χ1n) is 9.23. The van der Waals surface area contributed by atoms with Gasteiger partial charge in [-0.1, -0.05) is 29.5 Å². The molecule has 5 aromatic rings. The minimum atomic E-state index is -0.324. The highest BCUT2D eigenvalue weighted by atomic mass is 32.1. The van der Waals surface area contributed by atoms with Crippen molar-refractivity contribution in [3.8, 4) is 5.13 Å². The number of carbonyl (C=O) groups is 1. The fourth-order valence-corrected chi connectivity index (χ4v) is 4.28. The van der Waals surface area contributed by atoms with Crippen LogP contribution in [0.2, 0.25) is 0 Å². The van der Waals surface area contributed by atoms with Crippen molar-refractivity contribution >= 4 is 44.2 Å². The molecule has 29 heavy (non-hydrogen) atoms. The van der Waals surface area contributed by atoms with Gasteiger partial charge in [-0.25, -0.2) is 4.98 Å². The van der Waals surface area contributed by atoms with E-state index in [0.29, 0.717) is 16.5 Å². The molecule has 0 saturated heterocycles. The standard InChI is InChI=1S/C22H18N4O2S/c1-12-8-16-19(9-13(12)2)29-22(23-16)26-20(10-14(3)25-26)24-21(27)18-11-15-6-4-5-7-17(15)28-18/h4-11H,1-3H3,(H,24,27). The zero-order valence-electron chi connectivity index (χ0n) is 16.2. The van der Waals surface area contributed by atoms with Gasteiger partial charge in [-0.3, -0.25) is 4.79 Å². The fourth-order valence-electron chi connectivity index (χ4n) is 3.26. The first-order valence-corrected chi connectivity index (χ1v) is 10.0. The molecule has 1 N–H and O–H groups in total. The van der Waals surface area contributed by atoms with E-state index in [0.717, 1.165) is 21.3 Å². The van der Waals surface area contributed by atoms with Crippen LogP contribution in [0.3, 0.4) is 0 Å². The number of nitrogens with one attached hydrogen (secondary N) is 1. The van der Waals surface area contributed by atoms with Gasteiger partial charge in [-0.2, -0.15) is 9.78 Å². The summed E-state index contributed by atoms with van der Waals surface area (Å²) in [5.74, 6) is 0.489. The number of benzene rings is 2. The Labute approximate surface area is 170 Å². The lowest BCUT2D eigenvalue weighted by Crippen LogP contribution is -2.14. The number of nitrogens with zero attached hydrogens (tertiary/aromatic N) is 3. The number of anilines is 1. The zero-order chi connectivity index (χ0) is 20.1. The second kappa shape index (κ2) is 6.56. The monoisotopic (exact) mass is 402 g/mol. The van der Waals surface area contributed by atoms with E-state index in [2.05, 4.69) is 36.4 Å². The number of fused-ring (bicyclic) bond motifs is 2. The summed E-state index contributed by atoms with van der Waals surface area (Å²) in [6, 6.07) is 15.3. The topological polar surface area (TPSA) is 73.0 Å². The molecule has 0 aliphatic heterocycles. The van der Waals surface area contributed by atoms with Gasteiger partial charge >= 0.3 is 0 Å². The van der Waals surface area contributed by atoms with Crippen molar-refractivity contribution in [1.82, 2.24) is 14.8 Å². The number of thiazole rings is 1. The van der Waals surface area contributed by atoms with Crippen LogP contribution in [0.4, 0.5) is 5.82 Å². The lowest BCUT2D eigenvalue weighted by molar-refractivity contribution is 0.0998. The average Bonchev–Trinajstić information content (AvgIpc) is 3.38. The smallest absolute Gasteiger partial charge is 0.292 e. The fraction of sp³-hybridized carbons (Fsp3) is 0.136. The molecule has 0 radical (unpaired) electrons. The molecule has 0 saturated carbocycles. The van der Waals surface area contributed by atoms with E-state index in [9.17, 15) is 4.79 Å². The van der Waals surface area contributed by atoms with Crippen LogP contribution >= 0.6 is 11.3 Å². The summed E-state index contributed by atoms with van der Waals surface area (Å²) in [5, 5.41) is 9.03. The average molecular weight is 402 g/mol. The summed E-state index contributed by atoms with van der Waals surface area (Å²) < 4.78 is 8.43. The largest absolute Gasteiger partial charge is 0.451 e. The van der Waals surface area contributed by atoms with Crippen LogP contribution in [-0.4, -0.2) is 20.7 Å². The molecule has 0 aliphatic rings. The predicted molar refractivity (Wildman–Crippen MR) is 115 cm³/mol. The van der Waals surface area contributed by atoms with Crippen molar-refractivity contribution in [3.05, 3.63) is 71.1 Å². The van der Waals surface area contributed by atoms with E-state index in [1.807, 2.05) is 37.3 Å². The minimum Gasteiger partial charge on any atom is -0.451 e. The zero-order valence-corrected chi connectivity index (χ0v) is 17.0. The number of aryl methyl sites for hydroxylation is 3. The van der Waals surface area contributed by atoms with E-state index >= 15 is 0 Å². The Hall–Kier alpha value is -3.45. The van der Waals surface area contributed by atoms with Gasteiger partial charge in [0, 0.05) is 11.5 Å². The molecule has 6 nitrogen and oxygen atoms in total.